The van der Waals surface area contributed by atoms with E-state index in [2.05, 4.69) is 30.2 Å². The van der Waals surface area contributed by atoms with Crippen molar-refractivity contribution in [3.63, 3.8) is 0 Å². The van der Waals surface area contributed by atoms with Crippen LogP contribution in [0, 0.1) is 5.95 Å². The van der Waals surface area contributed by atoms with E-state index in [0.29, 0.717) is 62.1 Å². The highest BCUT2D eigenvalue weighted by atomic mass is 32.2. The highest BCUT2D eigenvalue weighted by molar-refractivity contribution is 7.88. The van der Waals surface area contributed by atoms with Crippen LogP contribution in [0.4, 0.5) is 15.9 Å². The second kappa shape index (κ2) is 9.42. The lowest BCUT2D eigenvalue weighted by atomic mass is 9.99. The lowest BCUT2D eigenvalue weighted by Crippen LogP contribution is -2.41. The summed E-state index contributed by atoms with van der Waals surface area (Å²) in [7, 11) is -3.19. The zero-order valence-corrected chi connectivity index (χ0v) is 20.4. The number of halogens is 1. The van der Waals surface area contributed by atoms with Gasteiger partial charge in [0, 0.05) is 74.1 Å². The molecule has 1 atom stereocenters. The third kappa shape index (κ3) is 5.08. The van der Waals surface area contributed by atoms with Crippen molar-refractivity contribution < 1.29 is 12.8 Å². The van der Waals surface area contributed by atoms with E-state index < -0.39 is 16.0 Å². The normalized spacial score (nSPS) is 19.4. The van der Waals surface area contributed by atoms with E-state index in [4.69, 9.17) is 0 Å². The highest BCUT2D eigenvalue weighted by Crippen LogP contribution is 2.33. The van der Waals surface area contributed by atoms with E-state index in [0.717, 1.165) is 11.3 Å². The molecule has 0 aromatic carbocycles. The number of nitrogens with one attached hydrogen (secondary N) is 1. The van der Waals surface area contributed by atoms with Gasteiger partial charge in [0.25, 0.3) is 0 Å². The first-order chi connectivity index (χ1) is 16.8. The Hall–Kier alpha value is -3.25. The molecule has 12 heteroatoms. The van der Waals surface area contributed by atoms with E-state index in [1.807, 2.05) is 17.9 Å². The number of anilines is 2. The van der Waals surface area contributed by atoms with Gasteiger partial charge in [-0.3, -0.25) is 0 Å². The van der Waals surface area contributed by atoms with Crippen LogP contribution in [0.15, 0.2) is 36.8 Å². The molecule has 3 aromatic heterocycles. The van der Waals surface area contributed by atoms with Gasteiger partial charge in [0.1, 0.15) is 5.82 Å². The first-order valence-corrected chi connectivity index (χ1v) is 13.4. The first kappa shape index (κ1) is 23.5. The molecule has 1 unspecified atom stereocenters. The third-order valence-electron chi connectivity index (χ3n) is 6.54. The Balaban J connectivity index is 1.32. The van der Waals surface area contributed by atoms with Crippen molar-refractivity contribution in [1.82, 2.24) is 29.2 Å². The Labute approximate surface area is 203 Å². The quantitative estimate of drug-likeness (QED) is 0.529. The summed E-state index contributed by atoms with van der Waals surface area (Å²) in [5.74, 6) is 0.941. The van der Waals surface area contributed by atoms with Crippen LogP contribution in [0.5, 0.6) is 0 Å². The largest absolute Gasteiger partial charge is 0.382 e. The van der Waals surface area contributed by atoms with Gasteiger partial charge >= 0.3 is 0 Å². The Kier molecular flexibility index (Phi) is 6.32. The minimum atomic E-state index is -3.19. The second-order valence-electron chi connectivity index (χ2n) is 8.90. The predicted octanol–water partition coefficient (Wildman–Crippen LogP) is 2.43. The zero-order valence-electron chi connectivity index (χ0n) is 19.6. The van der Waals surface area contributed by atoms with Crippen LogP contribution in [-0.4, -0.2) is 69.6 Å². The molecule has 0 saturated carbocycles. The van der Waals surface area contributed by atoms with Crippen molar-refractivity contribution in [1.29, 1.82) is 0 Å². The van der Waals surface area contributed by atoms with Crippen molar-refractivity contribution in [2.75, 3.05) is 36.1 Å². The van der Waals surface area contributed by atoms with Crippen LogP contribution >= 0.6 is 0 Å². The van der Waals surface area contributed by atoms with E-state index in [-0.39, 0.29) is 12.1 Å². The Bertz CT molecular complexity index is 1320. The second-order valence-corrected chi connectivity index (χ2v) is 10.9. The lowest BCUT2D eigenvalue weighted by molar-refractivity contribution is 0.332. The Morgan fingerprint density at radius 1 is 1.03 bits per heavy atom. The molecule has 10 nitrogen and oxygen atoms in total. The fourth-order valence-electron chi connectivity index (χ4n) is 4.68. The molecule has 0 aliphatic carbocycles. The van der Waals surface area contributed by atoms with E-state index >= 15 is 0 Å². The average Bonchev–Trinajstić information content (AvgIpc) is 2.84. The summed E-state index contributed by atoms with van der Waals surface area (Å²) in [5.41, 5.74) is 2.53. The molecule has 1 N–H and O–H groups in total. The summed E-state index contributed by atoms with van der Waals surface area (Å²) in [6.45, 7) is 3.56. The summed E-state index contributed by atoms with van der Waals surface area (Å²) >= 11 is 0. The van der Waals surface area contributed by atoms with Gasteiger partial charge in [0.05, 0.1) is 18.0 Å². The van der Waals surface area contributed by atoms with Crippen LogP contribution in [0.3, 0.4) is 0 Å². The molecular weight excluding hydrogens is 471 g/mol. The highest BCUT2D eigenvalue weighted by Gasteiger charge is 2.29. The number of nitrogens with zero attached hydrogens (tertiary/aromatic N) is 7. The van der Waals surface area contributed by atoms with Gasteiger partial charge in [-0.2, -0.15) is 4.39 Å². The van der Waals surface area contributed by atoms with Crippen molar-refractivity contribution >= 4 is 21.5 Å². The molecule has 1 saturated heterocycles. The molecular formula is C23H27FN8O2S. The molecule has 2 aliphatic heterocycles. The van der Waals surface area contributed by atoms with Gasteiger partial charge < -0.3 is 10.2 Å². The smallest absolute Gasteiger partial charge is 0.216 e. The molecule has 3 aromatic rings. The van der Waals surface area contributed by atoms with Crippen molar-refractivity contribution in [2.24, 2.45) is 0 Å². The Morgan fingerprint density at radius 2 is 1.77 bits per heavy atom. The van der Waals surface area contributed by atoms with E-state index in [1.54, 1.807) is 24.7 Å². The molecule has 0 bridgehead atoms. The predicted molar refractivity (Wildman–Crippen MR) is 130 cm³/mol. The van der Waals surface area contributed by atoms with Crippen molar-refractivity contribution in [2.45, 2.75) is 38.3 Å². The molecule has 35 heavy (non-hydrogen) atoms. The minimum Gasteiger partial charge on any atom is -0.382 e. The van der Waals surface area contributed by atoms with Crippen molar-refractivity contribution in [3.05, 3.63) is 54.0 Å². The summed E-state index contributed by atoms with van der Waals surface area (Å²) in [6, 6.07) is 4.94. The minimum absolute atomic E-state index is 0.0641. The van der Waals surface area contributed by atoms with Gasteiger partial charge in [0.2, 0.25) is 16.0 Å². The third-order valence-corrected chi connectivity index (χ3v) is 7.84. The fraction of sp³-hybridized carbons (Fsp3) is 0.435. The number of sulfonamides is 1. The molecule has 0 amide bonds. The lowest BCUT2D eigenvalue weighted by Gasteiger charge is -2.36. The summed E-state index contributed by atoms with van der Waals surface area (Å²) in [5, 5.41) is 3.37. The molecule has 0 spiro atoms. The van der Waals surface area contributed by atoms with Crippen LogP contribution in [0.2, 0.25) is 0 Å². The number of hydrogen-bond donors (Lipinski definition) is 1. The molecule has 0 radical (unpaired) electrons. The average molecular weight is 499 g/mol. The zero-order chi connectivity index (χ0) is 24.6. The molecule has 5 heterocycles. The van der Waals surface area contributed by atoms with Crippen LogP contribution in [0.25, 0.3) is 11.6 Å². The first-order valence-electron chi connectivity index (χ1n) is 11.6. The Morgan fingerprint density at radius 3 is 2.49 bits per heavy atom. The standard InChI is InChI=1S/C23H27FN8O2S/c1-15-18-14-27-23(22-25-7-3-8-26-22)29-19(18)6-11-32(15)21-13-17(12-20(24)30-21)28-16-4-9-31(10-5-16)35(2,33)34/h3,7-8,12-16H,4-6,9-11H2,1-2H3,(H,28,30). The number of piperidine rings is 1. The molecule has 1 fully saturated rings. The number of pyridine rings is 1. The van der Waals surface area contributed by atoms with Gasteiger partial charge in [-0.15, -0.1) is 0 Å². The maximum Gasteiger partial charge on any atom is 0.216 e. The summed E-state index contributed by atoms with van der Waals surface area (Å²) in [4.78, 5) is 23.8. The summed E-state index contributed by atoms with van der Waals surface area (Å²) in [6.07, 6.45) is 8.31. The number of hydrogen-bond acceptors (Lipinski definition) is 9. The number of aromatic nitrogens is 5. The topological polar surface area (TPSA) is 117 Å². The number of rotatable bonds is 5. The molecule has 184 valence electrons. The van der Waals surface area contributed by atoms with Crippen LogP contribution in [0.1, 0.15) is 37.1 Å². The monoisotopic (exact) mass is 498 g/mol. The van der Waals surface area contributed by atoms with Gasteiger partial charge in [0.15, 0.2) is 11.6 Å². The molecule has 2 aliphatic rings. The van der Waals surface area contributed by atoms with Crippen LogP contribution < -0.4 is 10.2 Å². The maximum absolute atomic E-state index is 14.5. The number of fused-ring (bicyclic) bond motifs is 1. The van der Waals surface area contributed by atoms with Gasteiger partial charge in [-0.05, 0) is 25.8 Å². The molecule has 5 rings (SSSR count). The van der Waals surface area contributed by atoms with Crippen molar-refractivity contribution in [3.8, 4) is 11.6 Å². The SMILES string of the molecule is CC1c2cnc(-c3ncccn3)nc2CCN1c1cc(NC2CCN(S(C)(=O)=O)CC2)cc(F)n1. The van der Waals surface area contributed by atoms with Gasteiger partial charge in [-0.1, -0.05) is 0 Å². The van der Waals surface area contributed by atoms with E-state index in [9.17, 15) is 12.8 Å². The fourth-order valence-corrected chi connectivity index (χ4v) is 5.55. The summed E-state index contributed by atoms with van der Waals surface area (Å²) < 4.78 is 39.5. The maximum atomic E-state index is 14.5. The van der Waals surface area contributed by atoms with Gasteiger partial charge in [-0.25, -0.2) is 37.6 Å². The van der Waals surface area contributed by atoms with Crippen LogP contribution in [-0.2, 0) is 16.4 Å². The van der Waals surface area contributed by atoms with E-state index in [1.165, 1.54) is 16.6 Å².